The highest BCUT2D eigenvalue weighted by Gasteiger charge is 2.32. The van der Waals surface area contributed by atoms with E-state index in [-0.39, 0.29) is 17.0 Å². The molecule has 0 spiro atoms. The zero-order chi connectivity index (χ0) is 18.9. The number of para-hydroxylation sites is 1. The molecule has 1 amide bonds. The number of halogens is 4. The lowest BCUT2D eigenvalue weighted by Gasteiger charge is -2.21. The summed E-state index contributed by atoms with van der Waals surface area (Å²) < 4.78 is 43.6. The van der Waals surface area contributed by atoms with Crippen LogP contribution in [0.5, 0.6) is 5.88 Å². The van der Waals surface area contributed by atoms with Gasteiger partial charge in [0.1, 0.15) is 11.1 Å². The van der Waals surface area contributed by atoms with Gasteiger partial charge in [0, 0.05) is 24.8 Å². The molecule has 2 heterocycles. The monoisotopic (exact) mass is 385 g/mol. The Kier molecular flexibility index (Phi) is 4.95. The molecule has 1 fully saturated rings. The predicted octanol–water partition coefficient (Wildman–Crippen LogP) is 3.51. The molecule has 0 saturated carbocycles. The maximum atomic E-state index is 12.7. The van der Waals surface area contributed by atoms with Crippen molar-refractivity contribution in [1.29, 1.82) is 0 Å². The predicted molar refractivity (Wildman–Crippen MR) is 90.5 cm³/mol. The van der Waals surface area contributed by atoms with Gasteiger partial charge < -0.3 is 15.4 Å². The van der Waals surface area contributed by atoms with Gasteiger partial charge in [0.25, 0.3) is 5.91 Å². The van der Waals surface area contributed by atoms with E-state index in [4.69, 9.17) is 22.1 Å². The number of carbonyl (C=O) groups excluding carboxylic acids is 1. The fourth-order valence-electron chi connectivity index (χ4n) is 2.83. The Morgan fingerprint density at radius 2 is 2.08 bits per heavy atom. The number of pyridine rings is 1. The molecule has 1 aliphatic heterocycles. The molecule has 1 saturated heterocycles. The second kappa shape index (κ2) is 7.03. The van der Waals surface area contributed by atoms with Crippen LogP contribution in [0.4, 0.5) is 18.9 Å². The number of alkyl halides is 3. The lowest BCUT2D eigenvalue weighted by Crippen LogP contribution is -2.27. The molecular weight excluding hydrogens is 371 g/mol. The first-order valence-corrected chi connectivity index (χ1v) is 8.16. The highest BCUT2D eigenvalue weighted by molar-refractivity contribution is 6.31. The van der Waals surface area contributed by atoms with Crippen molar-refractivity contribution in [3.8, 4) is 5.88 Å². The van der Waals surface area contributed by atoms with Crippen molar-refractivity contribution in [3.05, 3.63) is 52.7 Å². The van der Waals surface area contributed by atoms with Gasteiger partial charge in [-0.25, -0.2) is 4.98 Å². The zero-order valence-corrected chi connectivity index (χ0v) is 14.2. The molecule has 1 unspecified atom stereocenters. The number of ether oxygens (including phenoxy) is 1. The normalized spacial score (nSPS) is 17.4. The number of aromatic nitrogens is 1. The van der Waals surface area contributed by atoms with Crippen LogP contribution < -0.4 is 15.4 Å². The van der Waals surface area contributed by atoms with Crippen molar-refractivity contribution >= 4 is 23.2 Å². The number of benzene rings is 1. The molecule has 0 aliphatic carbocycles. The molecule has 9 heteroatoms. The third kappa shape index (κ3) is 3.85. The summed E-state index contributed by atoms with van der Waals surface area (Å²) in [5.74, 6) is -0.577. The Morgan fingerprint density at radius 3 is 2.73 bits per heavy atom. The molecule has 2 aromatic rings. The smallest absolute Gasteiger partial charge is 0.417 e. The van der Waals surface area contributed by atoms with Crippen LogP contribution in [-0.4, -0.2) is 30.1 Å². The number of carbonyl (C=O) groups is 1. The van der Waals surface area contributed by atoms with Crippen molar-refractivity contribution < 1.29 is 22.7 Å². The molecule has 1 aromatic carbocycles. The Labute approximate surface area is 152 Å². The van der Waals surface area contributed by atoms with E-state index in [2.05, 4.69) is 4.98 Å². The van der Waals surface area contributed by atoms with E-state index in [1.165, 1.54) is 0 Å². The van der Waals surface area contributed by atoms with Crippen LogP contribution in [0.15, 0.2) is 36.5 Å². The lowest BCUT2D eigenvalue weighted by molar-refractivity contribution is -0.137. The minimum absolute atomic E-state index is 0.0466. The van der Waals surface area contributed by atoms with Crippen molar-refractivity contribution in [2.75, 3.05) is 18.0 Å². The van der Waals surface area contributed by atoms with Gasteiger partial charge in [0.15, 0.2) is 0 Å². The molecule has 5 nitrogen and oxygen atoms in total. The molecule has 138 valence electrons. The summed E-state index contributed by atoms with van der Waals surface area (Å²) in [5, 5.41) is -0.198. The van der Waals surface area contributed by atoms with Crippen molar-refractivity contribution in [1.82, 2.24) is 4.98 Å². The summed E-state index contributed by atoms with van der Waals surface area (Å²) in [5.41, 5.74) is 5.56. The standard InChI is InChI=1S/C17H15ClF3N3O2/c18-13-7-10(17(19,20)21)8-23-16(13)26-11-5-6-24(9-11)14-4-2-1-3-12(14)15(22)25/h1-4,7-8,11H,5-6,9H2,(H2,22,25). The Morgan fingerprint density at radius 1 is 1.35 bits per heavy atom. The van der Waals surface area contributed by atoms with Gasteiger partial charge >= 0.3 is 6.18 Å². The van der Waals surface area contributed by atoms with E-state index in [9.17, 15) is 18.0 Å². The SMILES string of the molecule is NC(=O)c1ccccc1N1CCC(Oc2ncc(C(F)(F)F)cc2Cl)C1. The van der Waals surface area contributed by atoms with Crippen LogP contribution >= 0.6 is 11.6 Å². The van der Waals surface area contributed by atoms with Crippen molar-refractivity contribution in [3.63, 3.8) is 0 Å². The fraction of sp³-hybridized carbons (Fsp3) is 0.294. The maximum Gasteiger partial charge on any atom is 0.417 e. The Balaban J connectivity index is 1.72. The number of rotatable bonds is 4. The first-order valence-electron chi connectivity index (χ1n) is 7.79. The highest BCUT2D eigenvalue weighted by atomic mass is 35.5. The van der Waals surface area contributed by atoms with Crippen LogP contribution in [0, 0.1) is 0 Å². The Bertz CT molecular complexity index is 829. The van der Waals surface area contributed by atoms with Crippen molar-refractivity contribution in [2.45, 2.75) is 18.7 Å². The van der Waals surface area contributed by atoms with Crippen LogP contribution in [0.2, 0.25) is 5.02 Å². The summed E-state index contributed by atoms with van der Waals surface area (Å²) in [6.07, 6.45) is -3.54. The first kappa shape index (κ1) is 18.3. The van der Waals surface area contributed by atoms with E-state index in [1.807, 2.05) is 4.90 Å². The average molecular weight is 386 g/mol. The van der Waals surface area contributed by atoms with Crippen LogP contribution in [0.1, 0.15) is 22.3 Å². The number of nitrogens with two attached hydrogens (primary N) is 1. The first-order chi connectivity index (χ1) is 12.3. The number of hydrogen-bond donors (Lipinski definition) is 1. The van der Waals surface area contributed by atoms with Crippen molar-refractivity contribution in [2.24, 2.45) is 5.73 Å². The lowest BCUT2D eigenvalue weighted by atomic mass is 10.1. The highest BCUT2D eigenvalue weighted by Crippen LogP contribution is 2.34. The van der Waals surface area contributed by atoms with E-state index in [0.29, 0.717) is 37.0 Å². The summed E-state index contributed by atoms with van der Waals surface area (Å²) >= 11 is 5.87. The molecule has 1 aliphatic rings. The summed E-state index contributed by atoms with van der Waals surface area (Å²) in [6.45, 7) is 1.04. The third-order valence-electron chi connectivity index (χ3n) is 4.07. The van der Waals surface area contributed by atoms with Gasteiger partial charge in [-0.05, 0) is 18.2 Å². The minimum Gasteiger partial charge on any atom is -0.471 e. The summed E-state index contributed by atoms with van der Waals surface area (Å²) in [4.78, 5) is 17.2. The van der Waals surface area contributed by atoms with E-state index >= 15 is 0 Å². The fourth-order valence-corrected chi connectivity index (χ4v) is 3.04. The number of amides is 1. The third-order valence-corrected chi connectivity index (χ3v) is 4.34. The van der Waals surface area contributed by atoms with Crippen LogP contribution in [0.25, 0.3) is 0 Å². The summed E-state index contributed by atoms with van der Waals surface area (Å²) in [6, 6.07) is 7.73. The number of primary amides is 1. The Hall–Kier alpha value is -2.48. The number of nitrogens with zero attached hydrogens (tertiary/aromatic N) is 2. The van der Waals surface area contributed by atoms with Gasteiger partial charge in [0.2, 0.25) is 5.88 Å². The van der Waals surface area contributed by atoms with Gasteiger partial charge in [-0.15, -0.1) is 0 Å². The quantitative estimate of drug-likeness (QED) is 0.874. The zero-order valence-electron chi connectivity index (χ0n) is 13.5. The van der Waals surface area contributed by atoms with Gasteiger partial charge in [-0.2, -0.15) is 13.2 Å². The number of anilines is 1. The molecule has 1 aromatic heterocycles. The van der Waals surface area contributed by atoms with Crippen LogP contribution in [-0.2, 0) is 6.18 Å². The molecule has 0 bridgehead atoms. The molecular formula is C17H15ClF3N3O2. The van der Waals surface area contributed by atoms with E-state index in [0.717, 1.165) is 6.07 Å². The molecule has 26 heavy (non-hydrogen) atoms. The topological polar surface area (TPSA) is 68.5 Å². The van der Waals surface area contributed by atoms with Gasteiger partial charge in [-0.3, -0.25) is 4.79 Å². The second-order valence-corrected chi connectivity index (χ2v) is 6.27. The van der Waals surface area contributed by atoms with Gasteiger partial charge in [0.05, 0.1) is 17.7 Å². The second-order valence-electron chi connectivity index (χ2n) is 5.86. The maximum absolute atomic E-state index is 12.7. The molecule has 3 rings (SSSR count). The van der Waals surface area contributed by atoms with E-state index < -0.39 is 17.6 Å². The largest absolute Gasteiger partial charge is 0.471 e. The minimum atomic E-state index is -4.52. The average Bonchev–Trinajstić information content (AvgIpc) is 3.04. The van der Waals surface area contributed by atoms with Gasteiger partial charge in [-0.1, -0.05) is 23.7 Å². The molecule has 1 atom stereocenters. The molecule has 2 N–H and O–H groups in total. The molecule has 0 radical (unpaired) electrons. The van der Waals surface area contributed by atoms with Crippen LogP contribution in [0.3, 0.4) is 0 Å². The van der Waals surface area contributed by atoms with E-state index in [1.54, 1.807) is 24.3 Å². The number of hydrogen-bond acceptors (Lipinski definition) is 4. The summed E-state index contributed by atoms with van der Waals surface area (Å²) in [7, 11) is 0.